The van der Waals surface area contributed by atoms with Gasteiger partial charge < -0.3 is 15.4 Å². The number of aryl methyl sites for hydroxylation is 4. The van der Waals surface area contributed by atoms with Crippen LogP contribution in [-0.2, 0) is 0 Å². The summed E-state index contributed by atoms with van der Waals surface area (Å²) in [5, 5.41) is 16.1. The van der Waals surface area contributed by atoms with Crippen molar-refractivity contribution < 1.29 is 5.11 Å². The van der Waals surface area contributed by atoms with Crippen molar-refractivity contribution in [2.75, 3.05) is 5.32 Å². The van der Waals surface area contributed by atoms with Gasteiger partial charge in [0.25, 0.3) is 0 Å². The smallest absolute Gasteiger partial charge is 0.0831 e. The van der Waals surface area contributed by atoms with Crippen molar-refractivity contribution in [1.82, 2.24) is 4.98 Å². The highest BCUT2D eigenvalue weighted by molar-refractivity contribution is 5.98. The van der Waals surface area contributed by atoms with E-state index in [1.807, 2.05) is 0 Å². The number of aromatic amines is 1. The second-order valence-electron chi connectivity index (χ2n) is 10.8. The molecule has 0 saturated carbocycles. The van der Waals surface area contributed by atoms with Crippen LogP contribution in [0.15, 0.2) is 48.7 Å². The quantitative estimate of drug-likeness (QED) is 0.263. The predicted octanol–water partition coefficient (Wildman–Crippen LogP) is 7.14. The van der Waals surface area contributed by atoms with E-state index in [1.165, 1.54) is 27.6 Å². The van der Waals surface area contributed by atoms with Gasteiger partial charge in [0.1, 0.15) is 0 Å². The van der Waals surface area contributed by atoms with Gasteiger partial charge in [-0.3, -0.25) is 0 Å². The Morgan fingerprint density at radius 3 is 2.40 bits per heavy atom. The molecular formula is C32H34N2O. The number of fused-ring (bicyclic) bond motifs is 2. The number of nitrogens with one attached hydrogen (secondary N) is 2. The van der Waals surface area contributed by atoms with Crippen LogP contribution in [0.1, 0.15) is 65.6 Å². The number of aromatic nitrogens is 1. The molecule has 2 heterocycles. The molecule has 3 nitrogen and oxygen atoms in total. The Morgan fingerprint density at radius 1 is 0.886 bits per heavy atom. The van der Waals surface area contributed by atoms with Crippen molar-refractivity contribution in [1.29, 1.82) is 0 Å². The molecule has 1 aromatic heterocycles. The SMILES string of the molecule is Cc1ccc(C#Cc2c(-c3cccc4c(C)c[nH]c34)cc(C)c3c2[C@@H](C)[C@H](O)C(C)(C)N3)c(C)c1. The minimum atomic E-state index is -0.533. The molecule has 178 valence electrons. The maximum atomic E-state index is 11.2. The van der Waals surface area contributed by atoms with Crippen LogP contribution in [0.25, 0.3) is 22.0 Å². The van der Waals surface area contributed by atoms with Crippen LogP contribution < -0.4 is 5.32 Å². The molecule has 0 aliphatic carbocycles. The first-order valence-corrected chi connectivity index (χ1v) is 12.4. The van der Waals surface area contributed by atoms with Crippen LogP contribution in [0, 0.1) is 39.5 Å². The van der Waals surface area contributed by atoms with E-state index in [0.29, 0.717) is 0 Å². The monoisotopic (exact) mass is 462 g/mol. The summed E-state index contributed by atoms with van der Waals surface area (Å²) in [4.78, 5) is 3.49. The summed E-state index contributed by atoms with van der Waals surface area (Å²) >= 11 is 0. The summed E-state index contributed by atoms with van der Waals surface area (Å²) in [6, 6.07) is 15.1. The highest BCUT2D eigenvalue weighted by Crippen LogP contribution is 2.46. The zero-order valence-electron chi connectivity index (χ0n) is 21.7. The highest BCUT2D eigenvalue weighted by atomic mass is 16.3. The molecule has 0 spiro atoms. The van der Waals surface area contributed by atoms with Crippen LogP contribution >= 0.6 is 0 Å². The summed E-state index contributed by atoms with van der Waals surface area (Å²) in [6.45, 7) is 14.7. The van der Waals surface area contributed by atoms with E-state index in [4.69, 9.17) is 0 Å². The average molecular weight is 463 g/mol. The fourth-order valence-corrected chi connectivity index (χ4v) is 5.59. The standard InChI is InChI=1S/C32H34N2O/c1-18-11-12-23(19(2)15-18)13-14-25-27(26-10-8-9-24-21(4)17-33-30(24)26)16-20(3)29-28(25)22(5)31(35)32(6,7)34-29/h8-12,15-17,22,31,33-35H,1-7H3/t22-,31+/m1/s1. The highest BCUT2D eigenvalue weighted by Gasteiger charge is 2.40. The molecule has 0 unspecified atom stereocenters. The fourth-order valence-electron chi connectivity index (χ4n) is 5.59. The number of hydrogen-bond donors (Lipinski definition) is 3. The Bertz CT molecular complexity index is 1530. The topological polar surface area (TPSA) is 48.0 Å². The van der Waals surface area contributed by atoms with Crippen molar-refractivity contribution in [3.63, 3.8) is 0 Å². The van der Waals surface area contributed by atoms with E-state index in [1.54, 1.807) is 0 Å². The first kappa shape index (κ1) is 23.3. The van der Waals surface area contributed by atoms with Gasteiger partial charge in [0.05, 0.1) is 17.2 Å². The number of H-pyrrole nitrogens is 1. The van der Waals surface area contributed by atoms with Crippen LogP contribution in [0.4, 0.5) is 5.69 Å². The largest absolute Gasteiger partial charge is 0.390 e. The minimum absolute atomic E-state index is 0.0621. The Kier molecular flexibility index (Phi) is 5.54. The Hall–Kier alpha value is -3.48. The maximum absolute atomic E-state index is 11.2. The van der Waals surface area contributed by atoms with Gasteiger partial charge in [0, 0.05) is 45.4 Å². The predicted molar refractivity (Wildman–Crippen MR) is 147 cm³/mol. The molecular weight excluding hydrogens is 428 g/mol. The Morgan fingerprint density at radius 2 is 1.66 bits per heavy atom. The van der Waals surface area contributed by atoms with Gasteiger partial charge in [-0.1, -0.05) is 54.7 Å². The molecule has 3 aromatic carbocycles. The number of para-hydroxylation sites is 1. The average Bonchev–Trinajstić information content (AvgIpc) is 3.19. The first-order valence-electron chi connectivity index (χ1n) is 12.4. The number of aliphatic hydroxyl groups is 1. The Labute approximate surface area is 208 Å². The molecule has 5 rings (SSSR count). The van der Waals surface area contributed by atoms with Gasteiger partial charge in [-0.25, -0.2) is 0 Å². The molecule has 0 amide bonds. The zero-order chi connectivity index (χ0) is 25.1. The lowest BCUT2D eigenvalue weighted by Gasteiger charge is -2.43. The van der Waals surface area contributed by atoms with Crippen molar-refractivity contribution in [2.24, 2.45) is 0 Å². The third kappa shape index (κ3) is 3.83. The van der Waals surface area contributed by atoms with Gasteiger partial charge in [0.2, 0.25) is 0 Å². The molecule has 0 bridgehead atoms. The Balaban J connectivity index is 1.83. The molecule has 0 fully saturated rings. The summed E-state index contributed by atoms with van der Waals surface area (Å²) in [5.74, 6) is 6.99. The maximum Gasteiger partial charge on any atom is 0.0831 e. The first-order chi connectivity index (χ1) is 16.6. The van der Waals surface area contributed by atoms with E-state index < -0.39 is 11.6 Å². The van der Waals surface area contributed by atoms with E-state index in [-0.39, 0.29) is 5.92 Å². The van der Waals surface area contributed by atoms with Gasteiger partial charge in [-0.15, -0.1) is 0 Å². The van der Waals surface area contributed by atoms with Gasteiger partial charge >= 0.3 is 0 Å². The third-order valence-corrected chi connectivity index (χ3v) is 7.60. The number of anilines is 1. The lowest BCUT2D eigenvalue weighted by molar-refractivity contribution is 0.0868. The summed E-state index contributed by atoms with van der Waals surface area (Å²) < 4.78 is 0. The van der Waals surface area contributed by atoms with Crippen molar-refractivity contribution in [3.8, 4) is 23.0 Å². The van der Waals surface area contributed by atoms with Crippen LogP contribution in [0.3, 0.4) is 0 Å². The van der Waals surface area contributed by atoms with Crippen molar-refractivity contribution in [3.05, 3.63) is 87.6 Å². The number of rotatable bonds is 1. The summed E-state index contributed by atoms with van der Waals surface area (Å²) in [6.07, 6.45) is 1.53. The molecule has 35 heavy (non-hydrogen) atoms. The van der Waals surface area contributed by atoms with Crippen LogP contribution in [0.2, 0.25) is 0 Å². The molecule has 0 saturated heterocycles. The second-order valence-corrected chi connectivity index (χ2v) is 10.8. The summed E-state index contributed by atoms with van der Waals surface area (Å²) in [7, 11) is 0. The molecule has 2 atom stereocenters. The third-order valence-electron chi connectivity index (χ3n) is 7.60. The number of benzene rings is 3. The minimum Gasteiger partial charge on any atom is -0.390 e. The molecule has 4 aromatic rings. The zero-order valence-corrected chi connectivity index (χ0v) is 21.7. The van der Waals surface area contributed by atoms with E-state index in [2.05, 4.69) is 119 Å². The normalized spacial score (nSPS) is 18.5. The molecule has 0 radical (unpaired) electrons. The van der Waals surface area contributed by atoms with Gasteiger partial charge in [0.15, 0.2) is 0 Å². The van der Waals surface area contributed by atoms with E-state index in [9.17, 15) is 5.11 Å². The lowest BCUT2D eigenvalue weighted by Crippen LogP contribution is -2.50. The number of hydrogen-bond acceptors (Lipinski definition) is 2. The molecule has 3 heteroatoms. The lowest BCUT2D eigenvalue weighted by atomic mass is 9.75. The molecule has 3 N–H and O–H groups in total. The fraction of sp³-hybridized carbons (Fsp3) is 0.312. The van der Waals surface area contributed by atoms with Crippen LogP contribution in [0.5, 0.6) is 0 Å². The molecule has 1 aliphatic heterocycles. The van der Waals surface area contributed by atoms with Crippen molar-refractivity contribution >= 4 is 16.6 Å². The second kappa shape index (κ2) is 8.33. The van der Waals surface area contributed by atoms with Crippen LogP contribution in [-0.4, -0.2) is 21.7 Å². The van der Waals surface area contributed by atoms with Gasteiger partial charge in [-0.2, -0.15) is 0 Å². The van der Waals surface area contributed by atoms with Gasteiger partial charge in [-0.05, 0) is 75.9 Å². The van der Waals surface area contributed by atoms with Crippen molar-refractivity contribution in [2.45, 2.75) is 66.0 Å². The van der Waals surface area contributed by atoms with E-state index >= 15 is 0 Å². The molecule has 1 aliphatic rings. The van der Waals surface area contributed by atoms with E-state index in [0.717, 1.165) is 39.0 Å². The summed E-state index contributed by atoms with van der Waals surface area (Å²) in [5.41, 5.74) is 12.0. The number of aliphatic hydroxyl groups excluding tert-OH is 1.